The van der Waals surface area contributed by atoms with Gasteiger partial charge >= 0.3 is 0 Å². The van der Waals surface area contributed by atoms with E-state index in [0.29, 0.717) is 12.8 Å². The monoisotopic (exact) mass is 650 g/mol. The highest BCUT2D eigenvalue weighted by atomic mass is 16.3. The van der Waals surface area contributed by atoms with Gasteiger partial charge in [-0.05, 0) is 38.5 Å². The van der Waals surface area contributed by atoms with Gasteiger partial charge in [0.1, 0.15) is 6.10 Å². The van der Waals surface area contributed by atoms with Crippen molar-refractivity contribution in [2.75, 3.05) is 6.61 Å². The average molecular weight is 650 g/mol. The van der Waals surface area contributed by atoms with E-state index >= 15 is 0 Å². The molecule has 3 atom stereocenters. The molecule has 46 heavy (non-hydrogen) atoms. The molecule has 0 saturated carbocycles. The first kappa shape index (κ1) is 44.8. The Hall–Kier alpha value is -1.17. The van der Waals surface area contributed by atoms with Crippen molar-refractivity contribution in [3.63, 3.8) is 0 Å². The lowest BCUT2D eigenvalue weighted by Gasteiger charge is -2.23. The van der Waals surface area contributed by atoms with Crippen molar-refractivity contribution < 1.29 is 20.1 Å². The lowest BCUT2D eigenvalue weighted by atomic mass is 10.0. The van der Waals surface area contributed by atoms with E-state index < -0.39 is 24.2 Å². The topological polar surface area (TPSA) is 89.8 Å². The van der Waals surface area contributed by atoms with Crippen LogP contribution in [-0.4, -0.2) is 46.1 Å². The fraction of sp³-hybridized carbons (Fsp3) is 0.878. The summed E-state index contributed by atoms with van der Waals surface area (Å²) in [6.07, 6.45) is 43.1. The smallest absolute Gasteiger partial charge is 0.249 e. The van der Waals surface area contributed by atoms with Crippen LogP contribution in [0.4, 0.5) is 0 Å². The Kier molecular flexibility index (Phi) is 35.7. The largest absolute Gasteiger partial charge is 0.394 e. The van der Waals surface area contributed by atoms with Crippen LogP contribution in [-0.2, 0) is 4.79 Å². The van der Waals surface area contributed by atoms with Crippen LogP contribution in [0.1, 0.15) is 206 Å². The maximum atomic E-state index is 12.4. The number of aliphatic hydroxyl groups excluding tert-OH is 3. The molecule has 0 fully saturated rings. The van der Waals surface area contributed by atoms with E-state index in [0.717, 1.165) is 44.9 Å². The van der Waals surface area contributed by atoms with E-state index in [2.05, 4.69) is 43.5 Å². The Morgan fingerprint density at radius 2 is 0.957 bits per heavy atom. The number of aliphatic hydroxyl groups is 3. The first-order chi connectivity index (χ1) is 22.6. The molecule has 0 rings (SSSR count). The molecule has 0 radical (unpaired) electrons. The van der Waals surface area contributed by atoms with Crippen LogP contribution >= 0.6 is 0 Å². The van der Waals surface area contributed by atoms with Gasteiger partial charge in [-0.25, -0.2) is 0 Å². The summed E-state index contributed by atoms with van der Waals surface area (Å²) in [6.45, 7) is 4.12. The van der Waals surface area contributed by atoms with E-state index in [1.54, 1.807) is 0 Å². The quantitative estimate of drug-likeness (QED) is 0.0401. The highest BCUT2D eigenvalue weighted by Crippen LogP contribution is 2.16. The fourth-order valence-electron chi connectivity index (χ4n) is 6.17. The van der Waals surface area contributed by atoms with Gasteiger partial charge in [-0.2, -0.15) is 0 Å². The summed E-state index contributed by atoms with van der Waals surface area (Å²) in [6, 6.07) is -0.708. The SMILES string of the molecule is CC/C=C\C/C=C\CCCCCCCCCCCCCCCC(O)C(=O)NC(CO)C(O)CCCCCCCCCCCCCC. The molecule has 3 unspecified atom stereocenters. The Bertz CT molecular complexity index is 679. The molecule has 0 saturated heterocycles. The summed E-state index contributed by atoms with van der Waals surface area (Å²) in [4.78, 5) is 12.4. The molecule has 0 aliphatic rings. The average Bonchev–Trinajstić information content (AvgIpc) is 3.06. The molecule has 0 aromatic rings. The van der Waals surface area contributed by atoms with E-state index in [-0.39, 0.29) is 6.61 Å². The van der Waals surface area contributed by atoms with Crippen LogP contribution in [0, 0.1) is 0 Å². The maximum absolute atomic E-state index is 12.4. The number of allylic oxidation sites excluding steroid dienone is 4. The number of hydrogen-bond acceptors (Lipinski definition) is 4. The third kappa shape index (κ3) is 31.4. The molecule has 0 aromatic carbocycles. The van der Waals surface area contributed by atoms with E-state index in [1.165, 1.54) is 135 Å². The van der Waals surface area contributed by atoms with Crippen LogP contribution < -0.4 is 5.32 Å². The van der Waals surface area contributed by atoms with Gasteiger partial charge in [0, 0.05) is 0 Å². The third-order valence-corrected chi connectivity index (χ3v) is 9.33. The van der Waals surface area contributed by atoms with Crippen molar-refractivity contribution in [1.82, 2.24) is 5.32 Å². The summed E-state index contributed by atoms with van der Waals surface area (Å²) < 4.78 is 0. The molecule has 0 aromatic heterocycles. The second-order valence-electron chi connectivity index (χ2n) is 13.8. The standard InChI is InChI=1S/C41H79NO4/c1-3-5-7-9-11-13-15-17-18-19-20-21-22-23-24-26-28-30-32-34-36-40(45)41(46)42-38(37-43)39(44)35-33-31-29-27-25-16-14-12-10-8-6-4-2/h5,7,11,13,38-40,43-45H,3-4,6,8-10,12,14-37H2,1-2H3,(H,42,46)/b7-5-,13-11-. The predicted molar refractivity (Wildman–Crippen MR) is 199 cm³/mol. The molecule has 5 heteroatoms. The summed E-state index contributed by atoms with van der Waals surface area (Å²) >= 11 is 0. The molecule has 0 bridgehead atoms. The van der Waals surface area contributed by atoms with Crippen molar-refractivity contribution in [2.24, 2.45) is 0 Å². The number of hydrogen-bond donors (Lipinski definition) is 4. The molecule has 0 heterocycles. The maximum Gasteiger partial charge on any atom is 0.249 e. The highest BCUT2D eigenvalue weighted by molar-refractivity contribution is 5.80. The van der Waals surface area contributed by atoms with Gasteiger partial charge in [0.05, 0.1) is 18.8 Å². The van der Waals surface area contributed by atoms with E-state index in [9.17, 15) is 20.1 Å². The number of amides is 1. The van der Waals surface area contributed by atoms with Crippen molar-refractivity contribution in [1.29, 1.82) is 0 Å². The van der Waals surface area contributed by atoms with Gasteiger partial charge in [0.2, 0.25) is 5.91 Å². The van der Waals surface area contributed by atoms with Gasteiger partial charge < -0.3 is 20.6 Å². The lowest BCUT2D eigenvalue weighted by molar-refractivity contribution is -0.131. The first-order valence-corrected chi connectivity index (χ1v) is 20.1. The van der Waals surface area contributed by atoms with Gasteiger partial charge in [-0.15, -0.1) is 0 Å². The zero-order chi connectivity index (χ0) is 33.8. The van der Waals surface area contributed by atoms with Crippen LogP contribution in [0.15, 0.2) is 24.3 Å². The van der Waals surface area contributed by atoms with Crippen LogP contribution in [0.2, 0.25) is 0 Å². The van der Waals surface area contributed by atoms with Gasteiger partial charge in [-0.1, -0.05) is 192 Å². The second kappa shape index (κ2) is 36.7. The number of rotatable bonds is 36. The Morgan fingerprint density at radius 3 is 1.41 bits per heavy atom. The van der Waals surface area contributed by atoms with Crippen molar-refractivity contribution in [2.45, 2.75) is 225 Å². The minimum absolute atomic E-state index is 0.312. The summed E-state index contributed by atoms with van der Waals surface area (Å²) in [5.41, 5.74) is 0. The van der Waals surface area contributed by atoms with Gasteiger partial charge in [0.15, 0.2) is 0 Å². The highest BCUT2D eigenvalue weighted by Gasteiger charge is 2.23. The zero-order valence-electron chi connectivity index (χ0n) is 30.7. The first-order valence-electron chi connectivity index (χ1n) is 20.1. The lowest BCUT2D eigenvalue weighted by Crippen LogP contribution is -2.49. The van der Waals surface area contributed by atoms with Crippen LogP contribution in [0.25, 0.3) is 0 Å². The molecule has 5 nitrogen and oxygen atoms in total. The van der Waals surface area contributed by atoms with Gasteiger partial charge in [-0.3, -0.25) is 4.79 Å². The number of carbonyl (C=O) groups excluding carboxylic acids is 1. The Balaban J connectivity index is 3.61. The minimum Gasteiger partial charge on any atom is -0.394 e. The number of nitrogens with one attached hydrogen (secondary N) is 1. The minimum atomic E-state index is -1.07. The molecule has 0 spiro atoms. The third-order valence-electron chi connectivity index (χ3n) is 9.33. The number of carbonyl (C=O) groups is 1. The molecule has 272 valence electrons. The summed E-state index contributed by atoms with van der Waals surface area (Å²) in [5.74, 6) is -0.472. The van der Waals surface area contributed by atoms with Crippen molar-refractivity contribution in [3.05, 3.63) is 24.3 Å². The zero-order valence-corrected chi connectivity index (χ0v) is 30.7. The van der Waals surface area contributed by atoms with E-state index in [4.69, 9.17) is 0 Å². The van der Waals surface area contributed by atoms with Crippen LogP contribution in [0.5, 0.6) is 0 Å². The van der Waals surface area contributed by atoms with Gasteiger partial charge in [0.25, 0.3) is 0 Å². The summed E-state index contributed by atoms with van der Waals surface area (Å²) in [7, 11) is 0. The van der Waals surface area contributed by atoms with Crippen LogP contribution in [0.3, 0.4) is 0 Å². The molecule has 0 aliphatic heterocycles. The molecule has 0 aliphatic carbocycles. The Morgan fingerprint density at radius 1 is 0.543 bits per heavy atom. The number of unbranched alkanes of at least 4 members (excludes halogenated alkanes) is 24. The second-order valence-corrected chi connectivity index (χ2v) is 13.8. The summed E-state index contributed by atoms with van der Waals surface area (Å²) in [5, 5.41) is 33.2. The van der Waals surface area contributed by atoms with Crippen molar-refractivity contribution >= 4 is 5.91 Å². The van der Waals surface area contributed by atoms with Crippen molar-refractivity contribution in [3.8, 4) is 0 Å². The molecule has 1 amide bonds. The molecular formula is C41H79NO4. The molecule has 4 N–H and O–H groups in total. The Labute approximate surface area is 286 Å². The fourth-order valence-corrected chi connectivity index (χ4v) is 6.17. The van der Waals surface area contributed by atoms with E-state index in [1.807, 2.05) is 0 Å². The molecular weight excluding hydrogens is 570 g/mol. The predicted octanol–water partition coefficient (Wildman–Crippen LogP) is 11.0. The normalized spacial score (nSPS) is 13.9.